The van der Waals surface area contributed by atoms with E-state index in [2.05, 4.69) is 18.7 Å². The minimum Gasteiger partial charge on any atom is -0.508 e. The molecule has 8 heteroatoms. The maximum absolute atomic E-state index is 13.4. The van der Waals surface area contributed by atoms with Crippen molar-refractivity contribution in [3.8, 4) is 11.5 Å². The molecule has 186 valence electrons. The van der Waals surface area contributed by atoms with Crippen molar-refractivity contribution >= 4 is 40.4 Å². The van der Waals surface area contributed by atoms with Crippen molar-refractivity contribution in [1.82, 2.24) is 0 Å². The highest BCUT2D eigenvalue weighted by molar-refractivity contribution is 6.52. The lowest BCUT2D eigenvalue weighted by Gasteiger charge is -2.27. The minimum atomic E-state index is -0.987. The number of phenols is 1. The number of ketones is 1. The number of Topliss-reactive ketones (excluding diaryl/α,β-unsaturated/α-hetero) is 1. The summed E-state index contributed by atoms with van der Waals surface area (Å²) >= 11 is 6.35. The van der Waals surface area contributed by atoms with E-state index in [0.29, 0.717) is 17.0 Å². The summed E-state index contributed by atoms with van der Waals surface area (Å²) < 4.78 is 5.25. The predicted molar refractivity (Wildman–Crippen MR) is 141 cm³/mol. The van der Waals surface area contributed by atoms with E-state index in [1.165, 1.54) is 30.2 Å². The number of methoxy groups -OCH3 is 1. The molecular formula is C28H27ClN2O5. The average molecular weight is 507 g/mol. The van der Waals surface area contributed by atoms with Gasteiger partial charge in [-0.15, -0.1) is 0 Å². The van der Waals surface area contributed by atoms with Gasteiger partial charge in [0.2, 0.25) is 0 Å². The number of carbonyl (C=O) groups excluding carboxylic acids is 2. The highest BCUT2D eigenvalue weighted by atomic mass is 35.5. The number of phenolic OH excluding ortho intramolecular Hbond substituents is 1. The molecule has 36 heavy (non-hydrogen) atoms. The molecule has 7 nitrogen and oxygen atoms in total. The molecule has 1 aliphatic heterocycles. The fourth-order valence-corrected chi connectivity index (χ4v) is 4.69. The Morgan fingerprint density at radius 1 is 1.03 bits per heavy atom. The molecule has 1 unspecified atom stereocenters. The maximum atomic E-state index is 13.4. The summed E-state index contributed by atoms with van der Waals surface area (Å²) in [6.07, 6.45) is 0. The number of aliphatic hydroxyl groups excluding tert-OH is 1. The van der Waals surface area contributed by atoms with E-state index < -0.39 is 23.5 Å². The van der Waals surface area contributed by atoms with Crippen LogP contribution in [0.1, 0.15) is 31.0 Å². The van der Waals surface area contributed by atoms with Crippen LogP contribution in [0.2, 0.25) is 5.02 Å². The zero-order valence-corrected chi connectivity index (χ0v) is 21.0. The lowest BCUT2D eigenvalue weighted by Crippen LogP contribution is -2.29. The van der Waals surface area contributed by atoms with Crippen LogP contribution < -0.4 is 14.5 Å². The normalized spacial score (nSPS) is 16.9. The molecule has 1 heterocycles. The van der Waals surface area contributed by atoms with E-state index in [0.717, 1.165) is 18.8 Å². The minimum absolute atomic E-state index is 0.0330. The number of anilines is 2. The molecule has 1 fully saturated rings. The van der Waals surface area contributed by atoms with Crippen molar-refractivity contribution in [2.24, 2.45) is 0 Å². The molecule has 3 aromatic carbocycles. The molecular weight excluding hydrogens is 480 g/mol. The first-order chi connectivity index (χ1) is 17.3. The molecule has 1 atom stereocenters. The summed E-state index contributed by atoms with van der Waals surface area (Å²) in [5.74, 6) is -1.68. The number of benzene rings is 3. The number of amides is 1. The second kappa shape index (κ2) is 10.3. The monoisotopic (exact) mass is 506 g/mol. The van der Waals surface area contributed by atoms with Gasteiger partial charge in [0.25, 0.3) is 11.7 Å². The van der Waals surface area contributed by atoms with Crippen LogP contribution in [0.15, 0.2) is 72.3 Å². The fraction of sp³-hybridized carbons (Fsp3) is 0.214. The SMILES string of the molecule is CCN(CC)c1ccc(N2C(=O)C(=O)/C(=C(/O)c3cc(OC)ccc3Cl)C2c2cccc(O)c2)cc1. The molecule has 0 radical (unpaired) electrons. The second-order valence-corrected chi connectivity index (χ2v) is 8.71. The van der Waals surface area contributed by atoms with Crippen molar-refractivity contribution in [3.63, 3.8) is 0 Å². The third-order valence-corrected chi connectivity index (χ3v) is 6.65. The number of halogens is 1. The Bertz CT molecular complexity index is 1330. The molecule has 1 aliphatic rings. The van der Waals surface area contributed by atoms with Gasteiger partial charge in [0.05, 0.1) is 23.7 Å². The molecule has 2 N–H and O–H groups in total. The summed E-state index contributed by atoms with van der Waals surface area (Å²) in [5, 5.41) is 21.7. The number of aliphatic hydroxyl groups is 1. The largest absolute Gasteiger partial charge is 0.508 e. The first-order valence-electron chi connectivity index (χ1n) is 11.6. The first-order valence-corrected chi connectivity index (χ1v) is 12.0. The fourth-order valence-electron chi connectivity index (χ4n) is 4.48. The van der Waals surface area contributed by atoms with Gasteiger partial charge in [0, 0.05) is 30.0 Å². The van der Waals surface area contributed by atoms with Crippen molar-refractivity contribution in [2.45, 2.75) is 19.9 Å². The maximum Gasteiger partial charge on any atom is 0.300 e. The summed E-state index contributed by atoms with van der Waals surface area (Å²) in [6.45, 7) is 5.76. The number of carbonyl (C=O) groups is 2. The Morgan fingerprint density at radius 3 is 2.33 bits per heavy atom. The standard InChI is InChI=1S/C28H27ClN2O5/c1-4-30(5-2)18-9-11-19(12-10-18)31-25(17-7-6-8-20(32)15-17)24(27(34)28(31)35)26(33)22-16-21(36-3)13-14-23(22)29/h6-16,25,32-33H,4-5H2,1-3H3/b26-24+. The molecule has 0 aliphatic carbocycles. The van der Waals surface area contributed by atoms with Crippen LogP contribution in [0.3, 0.4) is 0 Å². The van der Waals surface area contributed by atoms with Gasteiger partial charge in [-0.1, -0.05) is 23.7 Å². The van der Waals surface area contributed by atoms with Gasteiger partial charge in [-0.05, 0) is 74.0 Å². The van der Waals surface area contributed by atoms with Gasteiger partial charge in [-0.2, -0.15) is 0 Å². The number of ether oxygens (including phenoxy) is 1. The summed E-state index contributed by atoms with van der Waals surface area (Å²) in [6, 6.07) is 17.3. The van der Waals surface area contributed by atoms with Crippen LogP contribution in [0.5, 0.6) is 11.5 Å². The number of hydrogen-bond donors (Lipinski definition) is 2. The van der Waals surface area contributed by atoms with Crippen LogP contribution >= 0.6 is 11.6 Å². The van der Waals surface area contributed by atoms with Gasteiger partial charge in [0.15, 0.2) is 0 Å². The van der Waals surface area contributed by atoms with Gasteiger partial charge in [0.1, 0.15) is 17.3 Å². The summed E-state index contributed by atoms with van der Waals surface area (Å²) in [4.78, 5) is 30.2. The molecule has 1 amide bonds. The molecule has 3 aromatic rings. The zero-order chi connectivity index (χ0) is 26.0. The van der Waals surface area contributed by atoms with E-state index in [1.807, 2.05) is 12.1 Å². The third-order valence-electron chi connectivity index (χ3n) is 6.32. The lowest BCUT2D eigenvalue weighted by atomic mass is 9.95. The average Bonchev–Trinajstić information content (AvgIpc) is 3.15. The van der Waals surface area contributed by atoms with Crippen LogP contribution in [-0.4, -0.2) is 42.1 Å². The summed E-state index contributed by atoms with van der Waals surface area (Å²) in [5.41, 5.74) is 1.96. The van der Waals surface area contributed by atoms with Gasteiger partial charge < -0.3 is 19.8 Å². The highest BCUT2D eigenvalue weighted by Gasteiger charge is 2.47. The molecule has 1 saturated heterocycles. The van der Waals surface area contributed by atoms with E-state index in [-0.39, 0.29) is 21.9 Å². The Labute approximate surface area is 214 Å². The van der Waals surface area contributed by atoms with Crippen molar-refractivity contribution in [3.05, 3.63) is 88.5 Å². The zero-order valence-electron chi connectivity index (χ0n) is 20.2. The topological polar surface area (TPSA) is 90.3 Å². The van der Waals surface area contributed by atoms with E-state index in [9.17, 15) is 19.8 Å². The summed E-state index contributed by atoms with van der Waals surface area (Å²) in [7, 11) is 1.47. The Morgan fingerprint density at radius 2 is 1.72 bits per heavy atom. The second-order valence-electron chi connectivity index (χ2n) is 8.30. The number of rotatable bonds is 7. The van der Waals surface area contributed by atoms with Crippen LogP contribution in [-0.2, 0) is 9.59 Å². The number of nitrogens with zero attached hydrogens (tertiary/aromatic N) is 2. The molecule has 0 spiro atoms. The van der Waals surface area contributed by atoms with Crippen LogP contribution in [0.4, 0.5) is 11.4 Å². The van der Waals surface area contributed by atoms with Gasteiger partial charge in [-0.3, -0.25) is 14.5 Å². The third kappa shape index (κ3) is 4.50. The van der Waals surface area contributed by atoms with Crippen LogP contribution in [0.25, 0.3) is 5.76 Å². The number of hydrogen-bond acceptors (Lipinski definition) is 6. The van der Waals surface area contributed by atoms with Crippen LogP contribution in [0, 0.1) is 0 Å². The van der Waals surface area contributed by atoms with E-state index >= 15 is 0 Å². The van der Waals surface area contributed by atoms with Gasteiger partial charge in [-0.25, -0.2) is 0 Å². The molecule has 0 bridgehead atoms. The van der Waals surface area contributed by atoms with E-state index in [1.54, 1.807) is 36.4 Å². The Balaban J connectivity index is 1.91. The van der Waals surface area contributed by atoms with Crippen molar-refractivity contribution in [2.75, 3.05) is 30.0 Å². The predicted octanol–water partition coefficient (Wildman–Crippen LogP) is 5.53. The molecule has 0 saturated carbocycles. The highest BCUT2D eigenvalue weighted by Crippen LogP contribution is 2.44. The smallest absolute Gasteiger partial charge is 0.300 e. The first kappa shape index (κ1) is 25.1. The lowest BCUT2D eigenvalue weighted by molar-refractivity contribution is -0.132. The molecule has 0 aromatic heterocycles. The molecule has 4 rings (SSSR count). The Kier molecular flexibility index (Phi) is 7.22. The number of aromatic hydroxyl groups is 1. The quantitative estimate of drug-likeness (QED) is 0.249. The van der Waals surface area contributed by atoms with Crippen molar-refractivity contribution < 1.29 is 24.5 Å². The van der Waals surface area contributed by atoms with Crippen molar-refractivity contribution in [1.29, 1.82) is 0 Å². The van der Waals surface area contributed by atoms with E-state index in [4.69, 9.17) is 16.3 Å². The van der Waals surface area contributed by atoms with Gasteiger partial charge >= 0.3 is 0 Å². The Hall–Kier alpha value is -3.97.